The number of benzene rings is 1. The van der Waals surface area contributed by atoms with E-state index in [-0.39, 0.29) is 6.10 Å². The van der Waals surface area contributed by atoms with Gasteiger partial charge in [-0.2, -0.15) is 0 Å². The number of carbonyl (C=O) groups excluding carboxylic acids is 1. The van der Waals surface area contributed by atoms with Gasteiger partial charge in [0, 0.05) is 5.56 Å². The van der Waals surface area contributed by atoms with Crippen LogP contribution in [-0.2, 0) is 4.74 Å². The van der Waals surface area contributed by atoms with Gasteiger partial charge in [0.25, 0.3) is 6.36 Å². The summed E-state index contributed by atoms with van der Waals surface area (Å²) in [6.07, 6.45) is -0.424. The van der Waals surface area contributed by atoms with Crippen molar-refractivity contribution in [2.45, 2.75) is 39.2 Å². The zero-order chi connectivity index (χ0) is 12.0. The van der Waals surface area contributed by atoms with Crippen LogP contribution in [0.25, 0.3) is 0 Å². The van der Waals surface area contributed by atoms with E-state index < -0.39 is 12.1 Å². The molecule has 0 heterocycles. The Morgan fingerprint density at radius 1 is 1.38 bits per heavy atom. The molecule has 2 nitrogen and oxygen atoms in total. The van der Waals surface area contributed by atoms with Crippen LogP contribution in [0.15, 0.2) is 30.3 Å². The van der Waals surface area contributed by atoms with Gasteiger partial charge in [-0.1, -0.05) is 43.7 Å². The van der Waals surface area contributed by atoms with Crippen molar-refractivity contribution in [1.29, 1.82) is 0 Å². The number of hydrogen-bond acceptors (Lipinski definition) is 2. The van der Waals surface area contributed by atoms with Crippen LogP contribution in [0.5, 0.6) is 0 Å². The molecular formula is C13H17FO2. The van der Waals surface area contributed by atoms with Gasteiger partial charge in [0.1, 0.15) is 0 Å². The molecule has 0 spiro atoms. The van der Waals surface area contributed by atoms with Crippen molar-refractivity contribution in [1.82, 2.24) is 0 Å². The van der Waals surface area contributed by atoms with Crippen LogP contribution in [0.4, 0.5) is 4.39 Å². The summed E-state index contributed by atoms with van der Waals surface area (Å²) in [5.74, 6) is -0.608. The molecule has 1 aromatic rings. The molecule has 2 atom stereocenters. The Balaban J connectivity index is 2.55. The van der Waals surface area contributed by atoms with Crippen LogP contribution in [-0.4, -0.2) is 18.2 Å². The van der Waals surface area contributed by atoms with E-state index in [0.29, 0.717) is 5.56 Å². The molecule has 16 heavy (non-hydrogen) atoms. The van der Waals surface area contributed by atoms with Crippen LogP contribution in [0.1, 0.15) is 37.0 Å². The number of rotatable bonds is 6. The minimum atomic E-state index is -1.86. The lowest BCUT2D eigenvalue weighted by atomic mass is 10.1. The zero-order valence-electron chi connectivity index (χ0n) is 9.65. The smallest absolute Gasteiger partial charge is 0.263 e. The average molecular weight is 224 g/mol. The second-order valence-corrected chi connectivity index (χ2v) is 3.78. The fraction of sp³-hybridized carbons (Fsp3) is 0.462. The van der Waals surface area contributed by atoms with Gasteiger partial charge >= 0.3 is 0 Å². The van der Waals surface area contributed by atoms with Crippen LogP contribution in [0.3, 0.4) is 0 Å². The highest BCUT2D eigenvalue weighted by atomic mass is 19.1. The second kappa shape index (κ2) is 6.38. The van der Waals surface area contributed by atoms with E-state index in [9.17, 15) is 9.18 Å². The normalized spacial score (nSPS) is 14.4. The Hall–Kier alpha value is -1.22. The van der Waals surface area contributed by atoms with E-state index in [2.05, 4.69) is 0 Å². The third kappa shape index (κ3) is 3.74. The predicted octanol–water partition coefficient (Wildman–Crippen LogP) is 3.37. The fourth-order valence-corrected chi connectivity index (χ4v) is 1.47. The lowest BCUT2D eigenvalue weighted by molar-refractivity contribution is -0.0592. The van der Waals surface area contributed by atoms with Crippen molar-refractivity contribution in [2.24, 2.45) is 0 Å². The van der Waals surface area contributed by atoms with Gasteiger partial charge in [0.15, 0.2) is 0 Å². The highest BCUT2D eigenvalue weighted by Crippen LogP contribution is 2.11. The average Bonchev–Trinajstić information content (AvgIpc) is 2.29. The number of ketones is 1. The quantitative estimate of drug-likeness (QED) is 0.692. The van der Waals surface area contributed by atoms with Gasteiger partial charge in [0.05, 0.1) is 6.10 Å². The molecule has 0 bridgehead atoms. The molecular weight excluding hydrogens is 207 g/mol. The number of Topliss-reactive ketones (excluding diaryl/α,β-unsaturated/α-hetero) is 1. The van der Waals surface area contributed by atoms with Crippen molar-refractivity contribution in [3.8, 4) is 0 Å². The number of halogens is 1. The minimum absolute atomic E-state index is 0.229. The largest absolute Gasteiger partial charge is 0.339 e. The molecule has 0 saturated carbocycles. The third-order valence-corrected chi connectivity index (χ3v) is 2.31. The molecule has 0 unspecified atom stereocenters. The minimum Gasteiger partial charge on any atom is -0.339 e. The molecule has 0 saturated heterocycles. The van der Waals surface area contributed by atoms with Gasteiger partial charge in [-0.15, -0.1) is 0 Å². The lowest BCUT2D eigenvalue weighted by Crippen LogP contribution is -2.24. The monoisotopic (exact) mass is 224 g/mol. The Labute approximate surface area is 95.4 Å². The summed E-state index contributed by atoms with van der Waals surface area (Å²) in [5, 5.41) is 0. The summed E-state index contributed by atoms with van der Waals surface area (Å²) in [6.45, 7) is 3.76. The summed E-state index contributed by atoms with van der Waals surface area (Å²) >= 11 is 0. The molecule has 0 aliphatic carbocycles. The SMILES string of the molecule is CCC[C@@H](C)O[C@@H](F)C(=O)c1ccccc1. The molecule has 0 amide bonds. The van der Waals surface area contributed by atoms with Crippen LogP contribution in [0.2, 0.25) is 0 Å². The molecule has 1 rings (SSSR count). The number of ether oxygens (including phenoxy) is 1. The van der Waals surface area contributed by atoms with Crippen molar-refractivity contribution in [3.63, 3.8) is 0 Å². The third-order valence-electron chi connectivity index (χ3n) is 2.31. The Morgan fingerprint density at radius 3 is 2.56 bits per heavy atom. The molecule has 1 aromatic carbocycles. The van der Waals surface area contributed by atoms with Crippen molar-refractivity contribution >= 4 is 5.78 Å². The van der Waals surface area contributed by atoms with Gasteiger partial charge < -0.3 is 4.74 Å². The summed E-state index contributed by atoms with van der Waals surface area (Å²) < 4.78 is 18.5. The van der Waals surface area contributed by atoms with Crippen molar-refractivity contribution in [2.75, 3.05) is 0 Å². The van der Waals surface area contributed by atoms with Crippen molar-refractivity contribution < 1.29 is 13.9 Å². The van der Waals surface area contributed by atoms with Gasteiger partial charge in [-0.3, -0.25) is 4.79 Å². The molecule has 0 fully saturated rings. The number of hydrogen-bond donors (Lipinski definition) is 0. The molecule has 0 aliphatic rings. The first-order valence-electron chi connectivity index (χ1n) is 5.54. The maximum Gasteiger partial charge on any atom is 0.263 e. The Kier molecular flexibility index (Phi) is 5.12. The molecule has 88 valence electrons. The molecule has 0 aliphatic heterocycles. The lowest BCUT2D eigenvalue weighted by Gasteiger charge is -2.14. The molecule has 0 radical (unpaired) electrons. The zero-order valence-corrected chi connectivity index (χ0v) is 9.65. The first-order chi connectivity index (χ1) is 7.65. The van der Waals surface area contributed by atoms with Crippen molar-refractivity contribution in [3.05, 3.63) is 35.9 Å². The molecule has 3 heteroatoms. The van der Waals surface area contributed by atoms with Crippen LogP contribution < -0.4 is 0 Å². The first kappa shape index (κ1) is 12.8. The summed E-state index contributed by atoms with van der Waals surface area (Å²) in [6, 6.07) is 8.36. The first-order valence-corrected chi connectivity index (χ1v) is 5.54. The van der Waals surface area contributed by atoms with Gasteiger partial charge in [-0.05, 0) is 13.3 Å². The van der Waals surface area contributed by atoms with E-state index in [1.54, 1.807) is 37.3 Å². The van der Waals surface area contributed by atoms with Gasteiger partial charge in [-0.25, -0.2) is 4.39 Å². The highest BCUT2D eigenvalue weighted by Gasteiger charge is 2.21. The molecule has 0 N–H and O–H groups in total. The Morgan fingerprint density at radius 2 is 2.00 bits per heavy atom. The van der Waals surface area contributed by atoms with E-state index in [1.165, 1.54) is 0 Å². The van der Waals surface area contributed by atoms with E-state index in [1.807, 2.05) is 6.92 Å². The van der Waals surface area contributed by atoms with Crippen LogP contribution in [0, 0.1) is 0 Å². The molecule has 0 aromatic heterocycles. The highest BCUT2D eigenvalue weighted by molar-refractivity contribution is 5.98. The van der Waals surface area contributed by atoms with E-state index >= 15 is 0 Å². The summed E-state index contributed by atoms with van der Waals surface area (Å²) in [7, 11) is 0. The predicted molar refractivity (Wildman–Crippen MR) is 61.1 cm³/mol. The Bertz CT molecular complexity index is 324. The summed E-state index contributed by atoms with van der Waals surface area (Å²) in [4.78, 5) is 11.6. The number of alkyl halides is 1. The number of carbonyl (C=O) groups is 1. The topological polar surface area (TPSA) is 26.3 Å². The van der Waals surface area contributed by atoms with E-state index in [0.717, 1.165) is 12.8 Å². The maximum atomic E-state index is 13.5. The maximum absolute atomic E-state index is 13.5. The van der Waals surface area contributed by atoms with Crippen LogP contribution >= 0.6 is 0 Å². The van der Waals surface area contributed by atoms with E-state index in [4.69, 9.17) is 4.74 Å². The summed E-state index contributed by atoms with van der Waals surface area (Å²) in [5.41, 5.74) is 0.346. The van der Waals surface area contributed by atoms with Gasteiger partial charge in [0.2, 0.25) is 5.78 Å². The fourth-order valence-electron chi connectivity index (χ4n) is 1.47. The standard InChI is InChI=1S/C13H17FO2/c1-3-7-10(2)16-13(14)12(15)11-8-5-4-6-9-11/h4-6,8-10,13H,3,7H2,1-2H3/t10-,13-/m1/s1. The second-order valence-electron chi connectivity index (χ2n) is 3.78.